The third-order valence-corrected chi connectivity index (χ3v) is 4.99. The van der Waals surface area contributed by atoms with Crippen molar-refractivity contribution in [3.05, 3.63) is 57.6 Å². The van der Waals surface area contributed by atoms with Crippen molar-refractivity contribution in [1.82, 2.24) is 5.32 Å². The van der Waals surface area contributed by atoms with E-state index in [9.17, 15) is 19.2 Å². The summed E-state index contributed by atoms with van der Waals surface area (Å²) in [6, 6.07) is 7.50. The molecule has 4 amide bonds. The van der Waals surface area contributed by atoms with Crippen LogP contribution in [0.4, 0.5) is 10.5 Å². The van der Waals surface area contributed by atoms with Crippen molar-refractivity contribution >= 4 is 51.5 Å². The van der Waals surface area contributed by atoms with Crippen molar-refractivity contribution in [2.45, 2.75) is 13.8 Å². The Morgan fingerprint density at radius 2 is 1.75 bits per heavy atom. The maximum Gasteiger partial charge on any atom is 0.335 e. The van der Waals surface area contributed by atoms with E-state index in [1.807, 2.05) is 13.8 Å². The van der Waals surface area contributed by atoms with Gasteiger partial charge >= 0.3 is 12.0 Å². The fraction of sp³-hybridized carbons (Fsp3) is 0.182. The molecule has 1 saturated heterocycles. The van der Waals surface area contributed by atoms with Gasteiger partial charge in [0, 0.05) is 0 Å². The normalized spacial score (nSPS) is 15.0. The number of carbonyl (C=O) groups excluding carboxylic acids is 3. The molecule has 166 valence electrons. The molecule has 0 spiro atoms. The Morgan fingerprint density at radius 1 is 1.09 bits per heavy atom. The maximum atomic E-state index is 13.0. The Labute approximate surface area is 191 Å². The van der Waals surface area contributed by atoms with Crippen LogP contribution in [-0.2, 0) is 9.59 Å². The highest BCUT2D eigenvalue weighted by Crippen LogP contribution is 2.37. The zero-order valence-electron chi connectivity index (χ0n) is 17.2. The fourth-order valence-electron chi connectivity index (χ4n) is 3.03. The molecule has 2 aromatic rings. The van der Waals surface area contributed by atoms with Crippen LogP contribution >= 0.6 is 15.9 Å². The van der Waals surface area contributed by atoms with Crippen LogP contribution < -0.4 is 19.7 Å². The van der Waals surface area contributed by atoms with E-state index in [0.29, 0.717) is 34.7 Å². The number of carboxylic acids is 1. The highest BCUT2D eigenvalue weighted by molar-refractivity contribution is 9.10. The minimum atomic E-state index is -1.15. The predicted molar refractivity (Wildman–Crippen MR) is 119 cm³/mol. The fourth-order valence-corrected chi connectivity index (χ4v) is 3.60. The van der Waals surface area contributed by atoms with Crippen molar-refractivity contribution in [2.75, 3.05) is 18.1 Å². The second-order valence-corrected chi connectivity index (χ2v) is 7.36. The molecule has 9 nitrogen and oxygen atoms in total. The lowest BCUT2D eigenvalue weighted by molar-refractivity contribution is -0.122. The number of aromatic carboxylic acids is 1. The number of amides is 4. The first-order valence-electron chi connectivity index (χ1n) is 9.60. The van der Waals surface area contributed by atoms with Gasteiger partial charge in [-0.25, -0.2) is 14.5 Å². The van der Waals surface area contributed by atoms with Gasteiger partial charge in [-0.05, 0) is 77.8 Å². The molecule has 2 aromatic carbocycles. The minimum absolute atomic E-state index is 0.00634. The number of carbonyl (C=O) groups is 4. The van der Waals surface area contributed by atoms with E-state index in [4.69, 9.17) is 14.6 Å². The van der Waals surface area contributed by atoms with E-state index in [1.54, 1.807) is 12.1 Å². The molecule has 0 saturated carbocycles. The summed E-state index contributed by atoms with van der Waals surface area (Å²) in [7, 11) is 0. The zero-order valence-corrected chi connectivity index (χ0v) is 18.8. The van der Waals surface area contributed by atoms with Gasteiger partial charge in [-0.2, -0.15) is 0 Å². The molecule has 32 heavy (non-hydrogen) atoms. The average Bonchev–Trinajstić information content (AvgIpc) is 2.74. The molecule has 0 aliphatic carbocycles. The van der Waals surface area contributed by atoms with Gasteiger partial charge in [-0.3, -0.25) is 14.9 Å². The highest BCUT2D eigenvalue weighted by Gasteiger charge is 2.37. The lowest BCUT2D eigenvalue weighted by Crippen LogP contribution is -2.54. The van der Waals surface area contributed by atoms with Crippen molar-refractivity contribution in [2.24, 2.45) is 0 Å². The van der Waals surface area contributed by atoms with Crippen LogP contribution in [0.15, 0.2) is 46.4 Å². The number of urea groups is 1. The van der Waals surface area contributed by atoms with E-state index >= 15 is 0 Å². The molecule has 0 atom stereocenters. The van der Waals surface area contributed by atoms with Crippen LogP contribution in [0.1, 0.15) is 29.8 Å². The van der Waals surface area contributed by atoms with Crippen molar-refractivity contribution in [3.63, 3.8) is 0 Å². The van der Waals surface area contributed by atoms with E-state index < -0.39 is 23.8 Å². The van der Waals surface area contributed by atoms with Crippen LogP contribution in [0.2, 0.25) is 0 Å². The summed E-state index contributed by atoms with van der Waals surface area (Å²) in [6.45, 7) is 4.43. The molecule has 10 heteroatoms. The average molecular weight is 503 g/mol. The standard InChI is InChI=1S/C22H19BrN2O7/c1-3-31-17-11-12(10-16(23)18(17)32-4-2)9-15-19(26)24-22(30)25(20(15)27)14-7-5-13(6-8-14)21(28)29/h5-11H,3-4H2,1-2H3,(H,28,29)(H,24,26,30)/b15-9+. The summed E-state index contributed by atoms with van der Waals surface area (Å²) in [4.78, 5) is 49.6. The van der Waals surface area contributed by atoms with E-state index in [-0.39, 0.29) is 16.8 Å². The number of benzene rings is 2. The predicted octanol–water partition coefficient (Wildman–Crippen LogP) is 3.61. The number of imide groups is 2. The van der Waals surface area contributed by atoms with Gasteiger partial charge < -0.3 is 14.6 Å². The van der Waals surface area contributed by atoms with Crippen LogP contribution in [0.3, 0.4) is 0 Å². The molecule has 1 heterocycles. The Morgan fingerprint density at radius 3 is 2.34 bits per heavy atom. The Kier molecular flexibility index (Phi) is 6.94. The summed E-state index contributed by atoms with van der Waals surface area (Å²) >= 11 is 3.41. The lowest BCUT2D eigenvalue weighted by Gasteiger charge is -2.26. The van der Waals surface area contributed by atoms with E-state index in [1.165, 1.54) is 30.3 Å². The number of anilines is 1. The highest BCUT2D eigenvalue weighted by atomic mass is 79.9. The molecule has 2 N–H and O–H groups in total. The first-order valence-corrected chi connectivity index (χ1v) is 10.4. The number of hydrogen-bond acceptors (Lipinski definition) is 6. The maximum absolute atomic E-state index is 13.0. The van der Waals surface area contributed by atoms with Crippen LogP contribution in [0.5, 0.6) is 11.5 Å². The lowest BCUT2D eigenvalue weighted by atomic mass is 10.1. The molecule has 0 bridgehead atoms. The van der Waals surface area contributed by atoms with Crippen molar-refractivity contribution in [3.8, 4) is 11.5 Å². The zero-order chi connectivity index (χ0) is 23.4. The largest absolute Gasteiger partial charge is 0.490 e. The van der Waals surface area contributed by atoms with Gasteiger partial charge in [0.25, 0.3) is 11.8 Å². The van der Waals surface area contributed by atoms with Gasteiger partial charge in [0.15, 0.2) is 11.5 Å². The first kappa shape index (κ1) is 23.0. The topological polar surface area (TPSA) is 122 Å². The number of nitrogens with zero attached hydrogens (tertiary/aromatic N) is 1. The summed E-state index contributed by atoms with van der Waals surface area (Å²) in [5.41, 5.74) is 0.315. The van der Waals surface area contributed by atoms with Crippen LogP contribution in [0.25, 0.3) is 6.08 Å². The van der Waals surface area contributed by atoms with E-state index in [2.05, 4.69) is 21.2 Å². The molecule has 3 rings (SSSR count). The molecule has 0 aromatic heterocycles. The van der Waals surface area contributed by atoms with Gasteiger partial charge in [-0.1, -0.05) is 0 Å². The molecule has 1 fully saturated rings. The molecule has 0 radical (unpaired) electrons. The Hall–Kier alpha value is -3.66. The van der Waals surface area contributed by atoms with Gasteiger partial charge in [0.05, 0.1) is 28.9 Å². The second-order valence-electron chi connectivity index (χ2n) is 6.51. The smallest absolute Gasteiger partial charge is 0.335 e. The monoisotopic (exact) mass is 502 g/mol. The molecule has 1 aliphatic rings. The number of rotatable bonds is 7. The SMILES string of the molecule is CCOc1cc(/C=C2\C(=O)NC(=O)N(c3ccc(C(=O)O)cc3)C2=O)cc(Br)c1OCC. The third-order valence-electron chi connectivity index (χ3n) is 4.41. The van der Waals surface area contributed by atoms with Gasteiger partial charge in [0.2, 0.25) is 0 Å². The summed E-state index contributed by atoms with van der Waals surface area (Å²) in [5.74, 6) is -1.92. The molecule has 0 unspecified atom stereocenters. The number of nitrogens with one attached hydrogen (secondary N) is 1. The minimum Gasteiger partial charge on any atom is -0.490 e. The van der Waals surface area contributed by atoms with Gasteiger partial charge in [-0.15, -0.1) is 0 Å². The Bertz CT molecular complexity index is 1130. The molecule has 1 aliphatic heterocycles. The summed E-state index contributed by atoms with van der Waals surface area (Å²) in [6.07, 6.45) is 1.34. The summed E-state index contributed by atoms with van der Waals surface area (Å²) in [5, 5.41) is 11.2. The number of barbiturate groups is 1. The number of carboxylic acid groups (broad SMARTS) is 1. The van der Waals surface area contributed by atoms with Crippen LogP contribution in [0, 0.1) is 0 Å². The van der Waals surface area contributed by atoms with E-state index in [0.717, 1.165) is 4.90 Å². The van der Waals surface area contributed by atoms with Crippen LogP contribution in [-0.4, -0.2) is 42.1 Å². The van der Waals surface area contributed by atoms with Gasteiger partial charge in [0.1, 0.15) is 5.57 Å². The van der Waals surface area contributed by atoms with Crippen molar-refractivity contribution in [1.29, 1.82) is 0 Å². The number of halogens is 1. The first-order chi connectivity index (χ1) is 15.3. The molecular formula is C22H19BrN2O7. The molecular weight excluding hydrogens is 484 g/mol. The number of hydrogen-bond donors (Lipinski definition) is 2. The quantitative estimate of drug-likeness (QED) is 0.437. The summed E-state index contributed by atoms with van der Waals surface area (Å²) < 4.78 is 11.8. The Balaban J connectivity index is 2.01. The second kappa shape index (κ2) is 9.65. The number of ether oxygens (including phenoxy) is 2. The van der Waals surface area contributed by atoms with Crippen molar-refractivity contribution < 1.29 is 33.8 Å². The third kappa shape index (κ3) is 4.65.